The van der Waals surface area contributed by atoms with Gasteiger partial charge >= 0.3 is 0 Å². The van der Waals surface area contributed by atoms with Crippen molar-refractivity contribution in [1.82, 2.24) is 29.7 Å². The number of aromatic amines is 1. The summed E-state index contributed by atoms with van der Waals surface area (Å²) in [4.78, 5) is 12.7. The smallest absolute Gasteiger partial charge is 0.174 e. The van der Waals surface area contributed by atoms with Gasteiger partial charge in [0.15, 0.2) is 11.6 Å². The molecule has 28 heavy (non-hydrogen) atoms. The van der Waals surface area contributed by atoms with Crippen LogP contribution in [0.15, 0.2) is 61.3 Å². The first-order valence-corrected chi connectivity index (χ1v) is 8.59. The maximum atomic E-state index is 13.8. The quantitative estimate of drug-likeness (QED) is 0.430. The van der Waals surface area contributed by atoms with E-state index in [1.807, 2.05) is 10.8 Å². The van der Waals surface area contributed by atoms with Gasteiger partial charge in [0.2, 0.25) is 0 Å². The van der Waals surface area contributed by atoms with Crippen LogP contribution in [-0.2, 0) is 13.1 Å². The maximum absolute atomic E-state index is 13.8. The molecule has 0 saturated heterocycles. The lowest BCUT2D eigenvalue weighted by Crippen LogP contribution is -2.11. The molecule has 0 amide bonds. The van der Waals surface area contributed by atoms with Crippen molar-refractivity contribution in [2.45, 2.75) is 13.1 Å². The molecule has 3 N–H and O–H groups in total. The second-order valence-electron chi connectivity index (χ2n) is 6.05. The molecule has 0 unspecified atom stereocenters. The second-order valence-corrected chi connectivity index (χ2v) is 6.05. The number of hydrogen-bond acceptors (Lipinski definition) is 6. The van der Waals surface area contributed by atoms with Crippen LogP contribution < -0.4 is 5.32 Å². The van der Waals surface area contributed by atoms with Gasteiger partial charge in [-0.2, -0.15) is 5.10 Å². The van der Waals surface area contributed by atoms with Gasteiger partial charge in [0, 0.05) is 36.3 Å². The van der Waals surface area contributed by atoms with Gasteiger partial charge in [-0.3, -0.25) is 10.5 Å². The highest BCUT2D eigenvalue weighted by atomic mass is 19.1. The zero-order valence-electron chi connectivity index (χ0n) is 14.8. The van der Waals surface area contributed by atoms with E-state index in [1.54, 1.807) is 49.1 Å². The highest BCUT2D eigenvalue weighted by Gasteiger charge is 2.15. The van der Waals surface area contributed by atoms with E-state index in [0.717, 1.165) is 0 Å². The molecule has 0 aliphatic heterocycles. The Morgan fingerprint density at radius 3 is 2.89 bits per heavy atom. The minimum Gasteiger partial charge on any atom is -0.365 e. The van der Waals surface area contributed by atoms with Crippen LogP contribution in [-0.4, -0.2) is 35.4 Å². The number of aromatic nitrogens is 6. The first-order valence-electron chi connectivity index (χ1n) is 8.59. The van der Waals surface area contributed by atoms with Crippen LogP contribution in [0.3, 0.4) is 0 Å². The molecule has 9 heteroatoms. The van der Waals surface area contributed by atoms with Crippen molar-refractivity contribution in [3.8, 4) is 0 Å². The van der Waals surface area contributed by atoms with Crippen molar-refractivity contribution in [3.05, 3.63) is 89.9 Å². The summed E-state index contributed by atoms with van der Waals surface area (Å²) in [5, 5.41) is 18.5. The largest absolute Gasteiger partial charge is 0.365 e. The third kappa shape index (κ3) is 3.78. The molecular weight excluding hydrogens is 359 g/mol. The maximum Gasteiger partial charge on any atom is 0.174 e. The highest BCUT2D eigenvalue weighted by molar-refractivity contribution is 6.11. The number of benzene rings is 1. The zero-order chi connectivity index (χ0) is 19.3. The predicted molar refractivity (Wildman–Crippen MR) is 102 cm³/mol. The Morgan fingerprint density at radius 2 is 2.07 bits per heavy atom. The topological polar surface area (TPSA) is 108 Å². The minimum atomic E-state index is -0.290. The van der Waals surface area contributed by atoms with E-state index in [9.17, 15) is 4.39 Å². The molecular formula is C19H17FN8. The number of rotatable bonds is 7. The number of hydrogen-bond donors (Lipinski definition) is 3. The van der Waals surface area contributed by atoms with E-state index in [-0.39, 0.29) is 18.1 Å². The van der Waals surface area contributed by atoms with E-state index in [0.29, 0.717) is 35.1 Å². The Morgan fingerprint density at radius 1 is 1.18 bits per heavy atom. The lowest BCUT2D eigenvalue weighted by atomic mass is 10.1. The summed E-state index contributed by atoms with van der Waals surface area (Å²) in [6.45, 7) is 0.710. The number of H-pyrrole nitrogens is 1. The number of anilines is 1. The fraction of sp³-hybridized carbons (Fsp3) is 0.105. The lowest BCUT2D eigenvalue weighted by Gasteiger charge is -2.11. The van der Waals surface area contributed by atoms with E-state index in [2.05, 4.69) is 30.5 Å². The number of halogens is 1. The summed E-state index contributed by atoms with van der Waals surface area (Å²) < 4.78 is 15.7. The molecule has 0 aliphatic carbocycles. The fourth-order valence-corrected chi connectivity index (χ4v) is 2.72. The van der Waals surface area contributed by atoms with E-state index >= 15 is 0 Å². The van der Waals surface area contributed by atoms with Gasteiger partial charge in [-0.15, -0.1) is 0 Å². The molecule has 0 radical (unpaired) electrons. The third-order valence-electron chi connectivity index (χ3n) is 4.13. The number of imidazole rings is 1. The Balaban J connectivity index is 1.52. The van der Waals surface area contributed by atoms with Crippen molar-refractivity contribution in [3.63, 3.8) is 0 Å². The van der Waals surface area contributed by atoms with Crippen LogP contribution in [0.5, 0.6) is 0 Å². The molecule has 0 bridgehead atoms. The van der Waals surface area contributed by atoms with Gasteiger partial charge in [0.05, 0.1) is 12.9 Å². The highest BCUT2D eigenvalue weighted by Crippen LogP contribution is 2.17. The molecule has 1 aromatic carbocycles. The van der Waals surface area contributed by atoms with E-state index in [4.69, 9.17) is 5.41 Å². The number of nitrogens with one attached hydrogen (secondary N) is 3. The molecule has 4 rings (SSSR count). The third-order valence-corrected chi connectivity index (χ3v) is 4.13. The van der Waals surface area contributed by atoms with E-state index < -0.39 is 0 Å². The monoisotopic (exact) mass is 376 g/mol. The average molecular weight is 376 g/mol. The number of nitrogens with zero attached hydrogens (tertiary/aromatic N) is 5. The summed E-state index contributed by atoms with van der Waals surface area (Å²) in [6, 6.07) is 10.0. The lowest BCUT2D eigenvalue weighted by molar-refractivity contribution is 0.613. The Kier molecular flexibility index (Phi) is 4.87. The van der Waals surface area contributed by atoms with Crippen LogP contribution in [0.2, 0.25) is 0 Å². The van der Waals surface area contributed by atoms with Crippen molar-refractivity contribution >= 4 is 11.5 Å². The van der Waals surface area contributed by atoms with Gasteiger partial charge in [-0.1, -0.05) is 18.2 Å². The molecule has 0 aliphatic rings. The molecule has 0 spiro atoms. The van der Waals surface area contributed by atoms with Crippen LogP contribution in [0.25, 0.3) is 0 Å². The van der Waals surface area contributed by atoms with Crippen LogP contribution in [0, 0.1) is 11.2 Å². The average Bonchev–Trinajstić information content (AvgIpc) is 3.40. The normalized spacial score (nSPS) is 10.8. The summed E-state index contributed by atoms with van der Waals surface area (Å²) in [6.07, 6.45) is 6.78. The molecule has 140 valence electrons. The molecule has 0 saturated carbocycles. The van der Waals surface area contributed by atoms with Gasteiger partial charge in [-0.25, -0.2) is 19.3 Å². The Bertz CT molecular complexity index is 1090. The van der Waals surface area contributed by atoms with Gasteiger partial charge in [0.1, 0.15) is 17.3 Å². The first kappa shape index (κ1) is 17.5. The predicted octanol–water partition coefficient (Wildman–Crippen LogP) is 2.61. The van der Waals surface area contributed by atoms with Crippen molar-refractivity contribution in [1.29, 1.82) is 5.41 Å². The molecule has 8 nitrogen and oxygen atoms in total. The summed E-state index contributed by atoms with van der Waals surface area (Å²) in [7, 11) is 0. The number of pyridine rings is 1. The molecule has 0 atom stereocenters. The van der Waals surface area contributed by atoms with Crippen LogP contribution >= 0.6 is 0 Å². The van der Waals surface area contributed by atoms with Crippen LogP contribution in [0.1, 0.15) is 22.8 Å². The summed E-state index contributed by atoms with van der Waals surface area (Å²) in [5.41, 5.74) is 1.21. The molecule has 3 aromatic heterocycles. The fourth-order valence-electron chi connectivity index (χ4n) is 2.72. The van der Waals surface area contributed by atoms with E-state index in [1.165, 1.54) is 6.07 Å². The van der Waals surface area contributed by atoms with Gasteiger partial charge < -0.3 is 9.88 Å². The minimum absolute atomic E-state index is 0.147. The van der Waals surface area contributed by atoms with Gasteiger partial charge in [-0.05, 0) is 18.2 Å². The zero-order valence-corrected chi connectivity index (χ0v) is 14.8. The standard InChI is InChI=1S/C19H17FN8/c20-15-6-2-1-4-13(15)10-24-18-14(5-3-7-23-18)17(21)19-25-16(26-27-19)11-28-9-8-22-12-28/h1-9,12,21H,10-11H2,(H,23,24)(H,25,26,27). The van der Waals surface area contributed by atoms with Gasteiger partial charge in [0.25, 0.3) is 0 Å². The Labute approximate surface area is 160 Å². The molecule has 3 heterocycles. The Hall–Kier alpha value is -3.88. The first-order chi connectivity index (χ1) is 13.7. The van der Waals surface area contributed by atoms with Crippen molar-refractivity contribution in [2.24, 2.45) is 0 Å². The second kappa shape index (κ2) is 7.78. The summed E-state index contributed by atoms with van der Waals surface area (Å²) in [5.74, 6) is 1.06. The molecule has 0 fully saturated rings. The van der Waals surface area contributed by atoms with Crippen LogP contribution in [0.4, 0.5) is 10.2 Å². The SMILES string of the molecule is N=C(c1nc(Cn2ccnc2)n[nH]1)c1cccnc1NCc1ccccc1F. The van der Waals surface area contributed by atoms with Crippen molar-refractivity contribution in [2.75, 3.05) is 5.32 Å². The summed E-state index contributed by atoms with van der Waals surface area (Å²) >= 11 is 0. The molecule has 4 aromatic rings. The van der Waals surface area contributed by atoms with Crippen molar-refractivity contribution < 1.29 is 4.39 Å².